The third-order valence-electron chi connectivity index (χ3n) is 5.46. The molecule has 3 rings (SSSR count). The van der Waals surface area contributed by atoms with Crippen LogP contribution in [0.3, 0.4) is 0 Å². The maximum absolute atomic E-state index is 12.9. The van der Waals surface area contributed by atoms with Crippen LogP contribution < -0.4 is 0 Å². The number of nitrogens with zero attached hydrogens (tertiary/aromatic N) is 2. The fourth-order valence-corrected chi connectivity index (χ4v) is 5.52. The van der Waals surface area contributed by atoms with Gasteiger partial charge in [0.25, 0.3) is 0 Å². The van der Waals surface area contributed by atoms with Gasteiger partial charge in [0, 0.05) is 32.7 Å². The minimum Gasteiger partial charge on any atom is -0.481 e. The van der Waals surface area contributed by atoms with Gasteiger partial charge in [-0.3, -0.25) is 4.79 Å². The van der Waals surface area contributed by atoms with E-state index in [0.29, 0.717) is 18.7 Å². The molecular formula is C19H28N2O4S. The van der Waals surface area contributed by atoms with Gasteiger partial charge >= 0.3 is 5.97 Å². The molecule has 1 aromatic rings. The predicted molar refractivity (Wildman–Crippen MR) is 99.6 cm³/mol. The molecule has 1 saturated heterocycles. The van der Waals surface area contributed by atoms with E-state index in [-0.39, 0.29) is 11.3 Å². The van der Waals surface area contributed by atoms with E-state index >= 15 is 0 Å². The Bertz CT molecular complexity index is 721. The Morgan fingerprint density at radius 3 is 2.42 bits per heavy atom. The molecule has 0 spiro atoms. The lowest BCUT2D eigenvalue weighted by Gasteiger charge is -2.36. The maximum Gasteiger partial charge on any atom is 0.307 e. The summed E-state index contributed by atoms with van der Waals surface area (Å²) in [5.41, 5.74) is 0.509. The number of aliphatic carboxylic acids is 1. The molecule has 1 heterocycles. The Morgan fingerprint density at radius 2 is 1.77 bits per heavy atom. The maximum atomic E-state index is 12.9. The molecule has 144 valence electrons. The summed E-state index contributed by atoms with van der Waals surface area (Å²) >= 11 is 0. The molecule has 1 aliphatic heterocycles. The van der Waals surface area contributed by atoms with E-state index in [9.17, 15) is 13.2 Å². The average molecular weight is 381 g/mol. The molecule has 7 heteroatoms. The first-order valence-electron chi connectivity index (χ1n) is 9.48. The van der Waals surface area contributed by atoms with E-state index in [1.807, 2.05) is 0 Å². The number of sulfonamides is 1. The fraction of sp³-hybridized carbons (Fsp3) is 0.632. The predicted octanol–water partition coefficient (Wildman–Crippen LogP) is 2.20. The van der Waals surface area contributed by atoms with E-state index in [1.54, 1.807) is 18.2 Å². The highest BCUT2D eigenvalue weighted by atomic mass is 32.2. The zero-order valence-electron chi connectivity index (χ0n) is 15.1. The van der Waals surface area contributed by atoms with Gasteiger partial charge in [-0.25, -0.2) is 8.42 Å². The van der Waals surface area contributed by atoms with Crippen LogP contribution in [0.5, 0.6) is 0 Å². The van der Waals surface area contributed by atoms with Crippen molar-refractivity contribution in [3.63, 3.8) is 0 Å². The van der Waals surface area contributed by atoms with Crippen molar-refractivity contribution in [2.75, 3.05) is 32.7 Å². The summed E-state index contributed by atoms with van der Waals surface area (Å²) in [5.74, 6) is -0.199. The Labute approximate surface area is 155 Å². The zero-order chi connectivity index (χ0) is 18.6. The van der Waals surface area contributed by atoms with Crippen LogP contribution in [-0.2, 0) is 21.2 Å². The third kappa shape index (κ3) is 4.84. The smallest absolute Gasteiger partial charge is 0.307 e. The summed E-state index contributed by atoms with van der Waals surface area (Å²) in [6.07, 6.45) is 6.43. The Hall–Kier alpha value is -1.44. The number of carbonyl (C=O) groups is 1. The van der Waals surface area contributed by atoms with Gasteiger partial charge in [0.1, 0.15) is 0 Å². The van der Waals surface area contributed by atoms with Gasteiger partial charge in [0.05, 0.1) is 11.3 Å². The number of carboxylic acids is 1. The first-order chi connectivity index (χ1) is 12.4. The quantitative estimate of drug-likeness (QED) is 0.819. The largest absolute Gasteiger partial charge is 0.481 e. The molecule has 0 atom stereocenters. The molecule has 0 aromatic heterocycles. The van der Waals surface area contributed by atoms with E-state index in [0.717, 1.165) is 25.6 Å². The van der Waals surface area contributed by atoms with Crippen molar-refractivity contribution >= 4 is 16.0 Å². The van der Waals surface area contributed by atoms with Crippen LogP contribution in [-0.4, -0.2) is 61.4 Å². The van der Waals surface area contributed by atoms with Crippen LogP contribution in [0.4, 0.5) is 0 Å². The number of benzene rings is 1. The van der Waals surface area contributed by atoms with Crippen LogP contribution in [0, 0.1) is 5.92 Å². The van der Waals surface area contributed by atoms with Crippen molar-refractivity contribution in [1.82, 2.24) is 9.21 Å². The molecule has 2 aliphatic rings. The highest BCUT2D eigenvalue weighted by Gasteiger charge is 2.29. The molecule has 1 aliphatic carbocycles. The lowest BCUT2D eigenvalue weighted by Crippen LogP contribution is -2.49. The van der Waals surface area contributed by atoms with Crippen molar-refractivity contribution in [3.8, 4) is 0 Å². The van der Waals surface area contributed by atoms with Gasteiger partial charge in [-0.15, -0.1) is 0 Å². The monoisotopic (exact) mass is 380 g/mol. The van der Waals surface area contributed by atoms with E-state index in [1.165, 1.54) is 42.5 Å². The van der Waals surface area contributed by atoms with Crippen LogP contribution in [0.15, 0.2) is 29.2 Å². The summed E-state index contributed by atoms with van der Waals surface area (Å²) in [6, 6.07) is 6.30. The van der Waals surface area contributed by atoms with Crippen molar-refractivity contribution < 1.29 is 18.3 Å². The summed E-state index contributed by atoms with van der Waals surface area (Å²) in [4.78, 5) is 13.4. The first kappa shape index (κ1) is 19.3. The minimum atomic E-state index is -3.56. The normalized spacial score (nSPS) is 20.9. The van der Waals surface area contributed by atoms with Crippen molar-refractivity contribution in [1.29, 1.82) is 0 Å². The number of rotatable bonds is 6. The lowest BCUT2D eigenvalue weighted by atomic mass is 9.89. The molecule has 1 N–H and O–H groups in total. The summed E-state index contributed by atoms with van der Waals surface area (Å²) in [6.45, 7) is 3.62. The highest BCUT2D eigenvalue weighted by Crippen LogP contribution is 2.25. The number of hydrogen-bond acceptors (Lipinski definition) is 4. The van der Waals surface area contributed by atoms with E-state index < -0.39 is 16.0 Å². The molecular weight excluding hydrogens is 352 g/mol. The molecule has 1 aromatic carbocycles. The fourth-order valence-electron chi connectivity index (χ4n) is 4.03. The molecule has 0 radical (unpaired) electrons. The van der Waals surface area contributed by atoms with Gasteiger partial charge in [-0.05, 0) is 36.5 Å². The topological polar surface area (TPSA) is 77.9 Å². The van der Waals surface area contributed by atoms with Gasteiger partial charge < -0.3 is 10.0 Å². The zero-order valence-corrected chi connectivity index (χ0v) is 16.0. The number of piperazine rings is 1. The van der Waals surface area contributed by atoms with E-state index in [2.05, 4.69) is 4.90 Å². The Kier molecular flexibility index (Phi) is 6.32. The molecule has 6 nitrogen and oxygen atoms in total. The Morgan fingerprint density at radius 1 is 1.08 bits per heavy atom. The molecule has 1 saturated carbocycles. The molecule has 0 bridgehead atoms. The number of hydrogen-bond donors (Lipinski definition) is 1. The van der Waals surface area contributed by atoms with Crippen LogP contribution in [0.1, 0.15) is 37.7 Å². The third-order valence-corrected chi connectivity index (χ3v) is 7.36. The number of carboxylic acid groups (broad SMARTS) is 1. The van der Waals surface area contributed by atoms with Crippen LogP contribution in [0.2, 0.25) is 0 Å². The highest BCUT2D eigenvalue weighted by molar-refractivity contribution is 7.89. The average Bonchev–Trinajstić information content (AvgIpc) is 2.63. The van der Waals surface area contributed by atoms with Crippen molar-refractivity contribution in [2.24, 2.45) is 5.92 Å². The van der Waals surface area contributed by atoms with Crippen molar-refractivity contribution in [3.05, 3.63) is 29.8 Å². The van der Waals surface area contributed by atoms with Gasteiger partial charge in [0.15, 0.2) is 0 Å². The SMILES string of the molecule is O=C(O)Cc1cccc(S(=O)(=O)N2CCN(CC3CCCCC3)CC2)c1. The molecule has 2 fully saturated rings. The van der Waals surface area contributed by atoms with Crippen molar-refractivity contribution in [2.45, 2.75) is 43.4 Å². The summed E-state index contributed by atoms with van der Waals surface area (Å²) in [5, 5.41) is 8.91. The van der Waals surface area contributed by atoms with Gasteiger partial charge in [0.2, 0.25) is 10.0 Å². The molecule has 0 unspecified atom stereocenters. The second-order valence-electron chi connectivity index (χ2n) is 7.43. The standard InChI is InChI=1S/C19H28N2O4S/c22-19(23)14-17-7-4-8-18(13-17)26(24,25)21-11-9-20(10-12-21)15-16-5-2-1-3-6-16/h4,7-8,13,16H,1-3,5-6,9-12,14-15H2,(H,22,23). The molecule has 0 amide bonds. The molecule has 26 heavy (non-hydrogen) atoms. The van der Waals surface area contributed by atoms with E-state index in [4.69, 9.17) is 5.11 Å². The second kappa shape index (κ2) is 8.50. The summed E-state index contributed by atoms with van der Waals surface area (Å²) in [7, 11) is -3.56. The summed E-state index contributed by atoms with van der Waals surface area (Å²) < 4.78 is 27.3. The second-order valence-corrected chi connectivity index (χ2v) is 9.36. The Balaban J connectivity index is 1.60. The minimum absolute atomic E-state index is 0.168. The lowest BCUT2D eigenvalue weighted by molar-refractivity contribution is -0.136. The first-order valence-corrected chi connectivity index (χ1v) is 10.9. The van der Waals surface area contributed by atoms with Crippen LogP contribution >= 0.6 is 0 Å². The van der Waals surface area contributed by atoms with Crippen LogP contribution in [0.25, 0.3) is 0 Å². The van der Waals surface area contributed by atoms with Gasteiger partial charge in [-0.1, -0.05) is 31.4 Å². The van der Waals surface area contributed by atoms with Gasteiger partial charge in [-0.2, -0.15) is 4.31 Å².